The largest absolute Gasteiger partial charge is 0.383 e. The molecule has 30 heavy (non-hydrogen) atoms. The number of halogens is 1. The first-order chi connectivity index (χ1) is 14.6. The zero-order chi connectivity index (χ0) is 21.5. The van der Waals surface area contributed by atoms with Crippen LogP contribution in [0.15, 0.2) is 54.5 Å². The minimum atomic E-state index is -0.339. The Balaban J connectivity index is 2.03. The van der Waals surface area contributed by atoms with Crippen LogP contribution in [0.5, 0.6) is 0 Å². The standard InChI is InChI=1S/C22H24ClN3O4/c1-29-13-11-25(12-14-30-2)20-19(17-3-5-18(23)6-4-17)21(27)26(22(20)28)15-16-7-9-24-10-8-16/h3-10H,11-15H2,1-2H3. The lowest BCUT2D eigenvalue weighted by Crippen LogP contribution is -2.37. The number of ether oxygens (including phenoxy) is 2. The molecule has 0 fully saturated rings. The van der Waals surface area contributed by atoms with Gasteiger partial charge in [-0.25, -0.2) is 0 Å². The van der Waals surface area contributed by atoms with Crippen LogP contribution >= 0.6 is 11.6 Å². The molecule has 0 bridgehead atoms. The summed E-state index contributed by atoms with van der Waals surface area (Å²) in [6, 6.07) is 10.5. The summed E-state index contributed by atoms with van der Waals surface area (Å²) in [6.07, 6.45) is 3.27. The summed E-state index contributed by atoms with van der Waals surface area (Å²) in [5, 5.41) is 0.557. The second-order valence-corrected chi connectivity index (χ2v) is 7.19. The topological polar surface area (TPSA) is 72.0 Å². The van der Waals surface area contributed by atoms with Crippen LogP contribution in [0.25, 0.3) is 5.57 Å². The van der Waals surface area contributed by atoms with Gasteiger partial charge >= 0.3 is 0 Å². The number of methoxy groups -OCH3 is 2. The second-order valence-electron chi connectivity index (χ2n) is 6.76. The normalized spacial score (nSPS) is 14.0. The first kappa shape index (κ1) is 22.0. The van der Waals surface area contributed by atoms with Gasteiger partial charge in [0.2, 0.25) is 0 Å². The average molecular weight is 430 g/mol. The number of hydrogen-bond donors (Lipinski definition) is 0. The Labute approximate surface area is 180 Å². The van der Waals surface area contributed by atoms with Gasteiger partial charge < -0.3 is 14.4 Å². The van der Waals surface area contributed by atoms with Crippen molar-refractivity contribution in [2.45, 2.75) is 6.54 Å². The maximum Gasteiger partial charge on any atom is 0.278 e. The number of rotatable bonds is 10. The van der Waals surface area contributed by atoms with E-state index < -0.39 is 0 Å². The van der Waals surface area contributed by atoms with Crippen LogP contribution in [-0.2, 0) is 25.6 Å². The predicted octanol–water partition coefficient (Wildman–Crippen LogP) is 2.61. The molecule has 1 aromatic heterocycles. The zero-order valence-electron chi connectivity index (χ0n) is 17.0. The van der Waals surface area contributed by atoms with Crippen LogP contribution in [0.3, 0.4) is 0 Å². The van der Waals surface area contributed by atoms with E-state index in [0.29, 0.717) is 48.2 Å². The molecule has 0 atom stereocenters. The summed E-state index contributed by atoms with van der Waals surface area (Å²) in [5.41, 5.74) is 2.18. The molecule has 1 aromatic carbocycles. The van der Waals surface area contributed by atoms with Gasteiger partial charge in [-0.3, -0.25) is 19.5 Å². The molecular formula is C22H24ClN3O4. The lowest BCUT2D eigenvalue weighted by atomic mass is 10.0. The van der Waals surface area contributed by atoms with Gasteiger partial charge in [-0.05, 0) is 35.4 Å². The third-order valence-electron chi connectivity index (χ3n) is 4.81. The van der Waals surface area contributed by atoms with Gasteiger partial charge in [-0.1, -0.05) is 23.7 Å². The van der Waals surface area contributed by atoms with E-state index in [4.69, 9.17) is 21.1 Å². The molecule has 0 radical (unpaired) electrons. The lowest BCUT2D eigenvalue weighted by Gasteiger charge is -2.25. The molecule has 0 aliphatic carbocycles. The highest BCUT2D eigenvalue weighted by Gasteiger charge is 2.41. The molecule has 158 valence electrons. The van der Waals surface area contributed by atoms with E-state index in [1.54, 1.807) is 63.0 Å². The first-order valence-electron chi connectivity index (χ1n) is 9.55. The quantitative estimate of drug-likeness (QED) is 0.541. The number of carbonyl (C=O) groups excluding carboxylic acids is 2. The molecular weight excluding hydrogens is 406 g/mol. The maximum absolute atomic E-state index is 13.4. The van der Waals surface area contributed by atoms with E-state index in [1.807, 2.05) is 4.90 Å². The van der Waals surface area contributed by atoms with Gasteiger partial charge in [0.15, 0.2) is 0 Å². The Morgan fingerprint density at radius 2 is 1.53 bits per heavy atom. The van der Waals surface area contributed by atoms with Gasteiger partial charge in [0.05, 0.1) is 25.3 Å². The minimum Gasteiger partial charge on any atom is -0.383 e. The van der Waals surface area contributed by atoms with E-state index in [0.717, 1.165) is 5.56 Å². The Hall–Kier alpha value is -2.74. The van der Waals surface area contributed by atoms with E-state index in [1.165, 1.54) is 4.90 Å². The SMILES string of the molecule is COCCN(CCOC)C1=C(c2ccc(Cl)cc2)C(=O)N(Cc2ccncc2)C1=O. The highest BCUT2D eigenvalue weighted by atomic mass is 35.5. The fourth-order valence-electron chi connectivity index (χ4n) is 3.29. The Morgan fingerprint density at radius 1 is 0.933 bits per heavy atom. The van der Waals surface area contributed by atoms with Crippen molar-refractivity contribution in [3.63, 3.8) is 0 Å². The smallest absolute Gasteiger partial charge is 0.278 e. The average Bonchev–Trinajstić information content (AvgIpc) is 3.00. The molecule has 2 heterocycles. The van der Waals surface area contributed by atoms with Crippen molar-refractivity contribution in [1.29, 1.82) is 0 Å². The van der Waals surface area contributed by atoms with Crippen LogP contribution < -0.4 is 0 Å². The zero-order valence-corrected chi connectivity index (χ0v) is 17.8. The lowest BCUT2D eigenvalue weighted by molar-refractivity contribution is -0.138. The molecule has 1 aliphatic heterocycles. The van der Waals surface area contributed by atoms with Gasteiger partial charge in [0.25, 0.3) is 11.8 Å². The monoisotopic (exact) mass is 429 g/mol. The minimum absolute atomic E-state index is 0.170. The molecule has 0 spiro atoms. The van der Waals surface area contributed by atoms with Gasteiger partial charge in [0.1, 0.15) is 5.70 Å². The molecule has 0 saturated heterocycles. The Bertz CT molecular complexity index is 908. The maximum atomic E-state index is 13.4. The van der Waals surface area contributed by atoms with E-state index in [-0.39, 0.29) is 18.4 Å². The van der Waals surface area contributed by atoms with Crippen LogP contribution in [0.1, 0.15) is 11.1 Å². The van der Waals surface area contributed by atoms with Crippen molar-refractivity contribution < 1.29 is 19.1 Å². The van der Waals surface area contributed by atoms with Crippen LogP contribution in [0, 0.1) is 0 Å². The molecule has 8 heteroatoms. The second kappa shape index (κ2) is 10.3. The number of carbonyl (C=O) groups is 2. The van der Waals surface area contributed by atoms with Gasteiger partial charge in [-0.2, -0.15) is 0 Å². The summed E-state index contributed by atoms with van der Waals surface area (Å²) < 4.78 is 10.4. The number of nitrogens with zero attached hydrogens (tertiary/aromatic N) is 3. The Morgan fingerprint density at radius 3 is 2.10 bits per heavy atom. The molecule has 0 unspecified atom stereocenters. The summed E-state index contributed by atoms with van der Waals surface area (Å²) in [4.78, 5) is 33.9. The molecule has 0 saturated carbocycles. The van der Waals surface area contributed by atoms with Gasteiger partial charge in [-0.15, -0.1) is 0 Å². The van der Waals surface area contributed by atoms with Gasteiger partial charge in [0, 0.05) is 44.7 Å². The van der Waals surface area contributed by atoms with E-state index in [9.17, 15) is 9.59 Å². The number of pyridine rings is 1. The molecule has 2 aromatic rings. The molecule has 3 rings (SSSR count). The summed E-state index contributed by atoms with van der Waals surface area (Å²) >= 11 is 6.03. The molecule has 0 N–H and O–H groups in total. The van der Waals surface area contributed by atoms with Crippen LogP contribution in [-0.4, -0.2) is 67.1 Å². The summed E-state index contributed by atoms with van der Waals surface area (Å²) in [6.45, 7) is 1.89. The van der Waals surface area contributed by atoms with Crippen molar-refractivity contribution in [2.24, 2.45) is 0 Å². The van der Waals surface area contributed by atoms with Crippen LogP contribution in [0.4, 0.5) is 0 Å². The fraction of sp³-hybridized carbons (Fsp3) is 0.318. The third-order valence-corrected chi connectivity index (χ3v) is 5.07. The molecule has 2 amide bonds. The van der Waals surface area contributed by atoms with E-state index >= 15 is 0 Å². The number of imide groups is 1. The fourth-order valence-corrected chi connectivity index (χ4v) is 3.41. The van der Waals surface area contributed by atoms with Crippen LogP contribution in [0.2, 0.25) is 5.02 Å². The number of hydrogen-bond acceptors (Lipinski definition) is 6. The number of aromatic nitrogens is 1. The highest BCUT2D eigenvalue weighted by Crippen LogP contribution is 2.33. The van der Waals surface area contributed by atoms with Crippen molar-refractivity contribution in [1.82, 2.24) is 14.8 Å². The molecule has 1 aliphatic rings. The Kier molecular flexibility index (Phi) is 7.57. The first-order valence-corrected chi connectivity index (χ1v) is 9.92. The van der Waals surface area contributed by atoms with Crippen molar-refractivity contribution in [2.75, 3.05) is 40.5 Å². The summed E-state index contributed by atoms with van der Waals surface area (Å²) in [5.74, 6) is -0.678. The predicted molar refractivity (Wildman–Crippen MR) is 113 cm³/mol. The van der Waals surface area contributed by atoms with E-state index in [2.05, 4.69) is 4.98 Å². The van der Waals surface area contributed by atoms with Crippen molar-refractivity contribution in [3.05, 3.63) is 70.6 Å². The van der Waals surface area contributed by atoms with Crippen molar-refractivity contribution in [3.8, 4) is 0 Å². The number of benzene rings is 1. The summed E-state index contributed by atoms with van der Waals surface area (Å²) in [7, 11) is 3.20. The third kappa shape index (κ3) is 4.87. The van der Waals surface area contributed by atoms with Crippen molar-refractivity contribution >= 4 is 29.0 Å². The highest BCUT2D eigenvalue weighted by molar-refractivity contribution is 6.35. The molecule has 7 nitrogen and oxygen atoms in total. The number of amides is 2.